The summed E-state index contributed by atoms with van der Waals surface area (Å²) in [6.45, 7) is 0. The van der Waals surface area contributed by atoms with Crippen LogP contribution in [0.2, 0.25) is 10.0 Å². The van der Waals surface area contributed by atoms with Crippen molar-refractivity contribution in [3.8, 4) is 0 Å². The summed E-state index contributed by atoms with van der Waals surface area (Å²) in [4.78, 5) is 12.6. The number of carbonyl (C=O) groups excluding carboxylic acids is 1. The van der Waals surface area contributed by atoms with Gasteiger partial charge in [-0.3, -0.25) is 4.79 Å². The molecule has 0 aromatic heterocycles. The third kappa shape index (κ3) is 3.35. The molecule has 2 aromatic carbocycles. The minimum absolute atomic E-state index is 0.398. The van der Waals surface area contributed by atoms with E-state index in [4.69, 9.17) is 34.7 Å². The van der Waals surface area contributed by atoms with E-state index in [-0.39, 0.29) is 0 Å². The van der Waals surface area contributed by atoms with Crippen LogP contribution in [0, 0.1) is 0 Å². The smallest absolute Gasteiger partial charge is 0.248 e. The van der Waals surface area contributed by atoms with Crippen molar-refractivity contribution >= 4 is 46.6 Å². The van der Waals surface area contributed by atoms with E-state index in [0.717, 1.165) is 4.90 Å². The van der Waals surface area contributed by atoms with E-state index >= 15 is 0 Å². The normalized spacial score (nSPS) is 10.4. The quantitative estimate of drug-likeness (QED) is 0.846. The summed E-state index contributed by atoms with van der Waals surface area (Å²) in [5.41, 5.74) is 12.1. The Morgan fingerprint density at radius 1 is 1.05 bits per heavy atom. The average Bonchev–Trinajstić information content (AvgIpc) is 2.36. The van der Waals surface area contributed by atoms with Crippen LogP contribution in [-0.4, -0.2) is 5.91 Å². The number of halogens is 2. The molecule has 19 heavy (non-hydrogen) atoms. The zero-order valence-corrected chi connectivity index (χ0v) is 12.0. The van der Waals surface area contributed by atoms with E-state index in [1.807, 2.05) is 0 Å². The summed E-state index contributed by atoms with van der Waals surface area (Å²) < 4.78 is 0. The molecule has 98 valence electrons. The molecule has 0 aliphatic rings. The zero-order chi connectivity index (χ0) is 14.0. The fourth-order valence-electron chi connectivity index (χ4n) is 1.45. The minimum atomic E-state index is -0.501. The van der Waals surface area contributed by atoms with Crippen LogP contribution in [0.5, 0.6) is 0 Å². The number of hydrogen-bond donors (Lipinski definition) is 2. The predicted molar refractivity (Wildman–Crippen MR) is 80.0 cm³/mol. The van der Waals surface area contributed by atoms with Crippen molar-refractivity contribution in [3.63, 3.8) is 0 Å². The van der Waals surface area contributed by atoms with Gasteiger partial charge in [-0.25, -0.2) is 0 Å². The van der Waals surface area contributed by atoms with E-state index in [2.05, 4.69) is 0 Å². The molecule has 3 nitrogen and oxygen atoms in total. The highest BCUT2D eigenvalue weighted by Crippen LogP contribution is 2.37. The summed E-state index contributed by atoms with van der Waals surface area (Å²) in [5.74, 6) is -0.501. The molecule has 0 aliphatic heterocycles. The lowest BCUT2D eigenvalue weighted by atomic mass is 10.2. The third-order valence-electron chi connectivity index (χ3n) is 2.41. The van der Waals surface area contributed by atoms with Gasteiger partial charge in [0, 0.05) is 26.1 Å². The number of anilines is 1. The minimum Gasteiger partial charge on any atom is -0.398 e. The fraction of sp³-hybridized carbons (Fsp3) is 0. The van der Waals surface area contributed by atoms with Crippen molar-refractivity contribution < 1.29 is 4.79 Å². The summed E-state index contributed by atoms with van der Waals surface area (Å²) in [5, 5.41) is 1.15. The lowest BCUT2D eigenvalue weighted by molar-refractivity contribution is 0.1000. The Kier molecular flexibility index (Phi) is 4.24. The Morgan fingerprint density at radius 2 is 1.79 bits per heavy atom. The monoisotopic (exact) mass is 312 g/mol. The van der Waals surface area contributed by atoms with Gasteiger partial charge in [-0.05, 0) is 36.4 Å². The Labute approximate surface area is 124 Å². The molecule has 0 aliphatic carbocycles. The number of hydrogen-bond acceptors (Lipinski definition) is 3. The van der Waals surface area contributed by atoms with Gasteiger partial charge in [-0.15, -0.1) is 0 Å². The van der Waals surface area contributed by atoms with Gasteiger partial charge in [0.25, 0.3) is 0 Å². The average molecular weight is 313 g/mol. The van der Waals surface area contributed by atoms with Gasteiger partial charge in [-0.1, -0.05) is 35.0 Å². The first-order chi connectivity index (χ1) is 8.97. The predicted octanol–water partition coefficient (Wildman–Crippen LogP) is 3.83. The summed E-state index contributed by atoms with van der Waals surface area (Å²) in [6, 6.07) is 10.0. The molecule has 0 saturated heterocycles. The highest BCUT2D eigenvalue weighted by atomic mass is 35.5. The lowest BCUT2D eigenvalue weighted by Crippen LogP contribution is -2.11. The van der Waals surface area contributed by atoms with Crippen molar-refractivity contribution in [3.05, 3.63) is 52.0 Å². The molecule has 6 heteroatoms. The maximum Gasteiger partial charge on any atom is 0.248 e. The second kappa shape index (κ2) is 5.74. The van der Waals surface area contributed by atoms with Crippen LogP contribution in [0.4, 0.5) is 5.69 Å². The second-order valence-corrected chi connectivity index (χ2v) is 5.72. The number of nitrogens with two attached hydrogens (primary N) is 2. The van der Waals surface area contributed by atoms with Crippen molar-refractivity contribution in [2.75, 3.05) is 5.73 Å². The van der Waals surface area contributed by atoms with Gasteiger partial charge in [0.1, 0.15) is 0 Å². The van der Waals surface area contributed by atoms with Crippen LogP contribution >= 0.6 is 35.0 Å². The number of amides is 1. The maximum absolute atomic E-state index is 11.2. The molecule has 0 spiro atoms. The Hall–Kier alpha value is -1.36. The summed E-state index contributed by atoms with van der Waals surface area (Å²) in [6.07, 6.45) is 0. The van der Waals surface area contributed by atoms with Crippen LogP contribution < -0.4 is 11.5 Å². The molecule has 0 radical (unpaired) electrons. The van der Waals surface area contributed by atoms with Gasteiger partial charge in [-0.2, -0.15) is 0 Å². The summed E-state index contributed by atoms with van der Waals surface area (Å²) >= 11 is 13.4. The number of rotatable bonds is 3. The Balaban J connectivity index is 2.40. The van der Waals surface area contributed by atoms with E-state index in [1.165, 1.54) is 11.8 Å². The van der Waals surface area contributed by atoms with Crippen LogP contribution in [-0.2, 0) is 0 Å². The number of primary amides is 1. The van der Waals surface area contributed by atoms with Crippen LogP contribution in [0.1, 0.15) is 10.4 Å². The number of nitrogen functional groups attached to an aromatic ring is 1. The van der Waals surface area contributed by atoms with Crippen molar-refractivity contribution in [1.29, 1.82) is 0 Å². The molecule has 2 rings (SSSR count). The van der Waals surface area contributed by atoms with Gasteiger partial charge in [0.05, 0.1) is 5.02 Å². The largest absolute Gasteiger partial charge is 0.398 e. The molecule has 0 heterocycles. The van der Waals surface area contributed by atoms with Crippen LogP contribution in [0.3, 0.4) is 0 Å². The van der Waals surface area contributed by atoms with E-state index in [0.29, 0.717) is 26.2 Å². The molecule has 4 N–H and O–H groups in total. The lowest BCUT2D eigenvalue weighted by Gasteiger charge is -2.08. The third-order valence-corrected chi connectivity index (χ3v) is 4.22. The van der Waals surface area contributed by atoms with Gasteiger partial charge in [0.15, 0.2) is 0 Å². The first-order valence-corrected chi connectivity index (χ1v) is 6.87. The topological polar surface area (TPSA) is 69.1 Å². The van der Waals surface area contributed by atoms with Crippen molar-refractivity contribution in [1.82, 2.24) is 0 Å². The number of benzene rings is 2. The SMILES string of the molecule is NC(=O)c1ccc(N)c(Sc2cc(Cl)ccc2Cl)c1. The molecular formula is C13H10Cl2N2OS. The van der Waals surface area contributed by atoms with Gasteiger partial charge >= 0.3 is 0 Å². The zero-order valence-electron chi connectivity index (χ0n) is 9.69. The highest BCUT2D eigenvalue weighted by molar-refractivity contribution is 7.99. The molecule has 2 aromatic rings. The molecule has 0 unspecified atom stereocenters. The van der Waals surface area contributed by atoms with Crippen LogP contribution in [0.15, 0.2) is 46.2 Å². The molecular weight excluding hydrogens is 303 g/mol. The molecule has 0 bridgehead atoms. The molecule has 0 saturated carbocycles. The molecule has 0 fully saturated rings. The maximum atomic E-state index is 11.2. The standard InChI is InChI=1S/C13H10Cl2N2OS/c14-8-2-3-9(15)11(6-8)19-12-5-7(13(17)18)1-4-10(12)16/h1-6H,16H2,(H2,17,18). The molecule has 1 amide bonds. The van der Waals surface area contributed by atoms with Gasteiger partial charge < -0.3 is 11.5 Å². The van der Waals surface area contributed by atoms with E-state index in [9.17, 15) is 4.79 Å². The number of carbonyl (C=O) groups is 1. The second-order valence-electron chi connectivity index (χ2n) is 3.79. The van der Waals surface area contributed by atoms with E-state index < -0.39 is 5.91 Å². The Morgan fingerprint density at radius 3 is 2.47 bits per heavy atom. The van der Waals surface area contributed by atoms with E-state index in [1.54, 1.807) is 36.4 Å². The van der Waals surface area contributed by atoms with Crippen LogP contribution in [0.25, 0.3) is 0 Å². The first kappa shape index (κ1) is 14.1. The highest BCUT2D eigenvalue weighted by Gasteiger charge is 2.09. The Bertz CT molecular complexity index is 647. The fourth-order valence-corrected chi connectivity index (χ4v) is 2.88. The van der Waals surface area contributed by atoms with Crippen molar-refractivity contribution in [2.45, 2.75) is 9.79 Å². The summed E-state index contributed by atoms with van der Waals surface area (Å²) in [7, 11) is 0. The first-order valence-electron chi connectivity index (χ1n) is 5.29. The molecule has 0 atom stereocenters. The van der Waals surface area contributed by atoms with Crippen molar-refractivity contribution in [2.24, 2.45) is 5.73 Å². The van der Waals surface area contributed by atoms with Gasteiger partial charge in [0.2, 0.25) is 5.91 Å².